The van der Waals surface area contributed by atoms with Crippen LogP contribution in [0.15, 0.2) is 24.3 Å². The van der Waals surface area contributed by atoms with E-state index in [1.54, 1.807) is 31.2 Å². The Kier molecular flexibility index (Phi) is 4.71. The Morgan fingerprint density at radius 1 is 1.37 bits per heavy atom. The van der Waals surface area contributed by atoms with Crippen molar-refractivity contribution in [3.8, 4) is 0 Å². The van der Waals surface area contributed by atoms with Crippen LogP contribution < -0.4 is 5.32 Å². The van der Waals surface area contributed by atoms with Crippen molar-refractivity contribution < 1.29 is 14.3 Å². The topological polar surface area (TPSA) is 55.4 Å². The number of ketones is 1. The minimum Gasteiger partial charge on any atom is -0.368 e. The molecule has 1 heterocycles. The summed E-state index contributed by atoms with van der Waals surface area (Å²) in [5.74, 6) is -0.0950. The average Bonchev–Trinajstić information content (AvgIpc) is 2.92. The zero-order valence-electron chi connectivity index (χ0n) is 10.7. The summed E-state index contributed by atoms with van der Waals surface area (Å²) in [4.78, 5) is 23.4. The standard InChI is InChI=1S/C14H16BrNO3/c1-9(15)13(17)10-4-6-11(7-5-10)16-14(18)12-3-2-8-19-12/h4-7,9,12H,2-3,8H2,1H3,(H,16,18). The van der Waals surface area contributed by atoms with Crippen LogP contribution in [0.25, 0.3) is 0 Å². The van der Waals surface area contributed by atoms with Crippen LogP contribution in [-0.2, 0) is 9.53 Å². The second-order valence-corrected chi connectivity index (χ2v) is 5.92. The highest BCUT2D eigenvalue weighted by atomic mass is 79.9. The summed E-state index contributed by atoms with van der Waals surface area (Å²) in [5, 5.41) is 2.79. The molecule has 0 spiro atoms. The lowest BCUT2D eigenvalue weighted by atomic mass is 10.1. The number of hydrogen-bond donors (Lipinski definition) is 1. The van der Waals surface area contributed by atoms with Crippen LogP contribution in [0, 0.1) is 0 Å². The maximum Gasteiger partial charge on any atom is 0.253 e. The van der Waals surface area contributed by atoms with Crippen LogP contribution in [0.1, 0.15) is 30.1 Å². The quantitative estimate of drug-likeness (QED) is 0.684. The Hall–Kier alpha value is -1.20. The van der Waals surface area contributed by atoms with Gasteiger partial charge in [-0.15, -0.1) is 0 Å². The van der Waals surface area contributed by atoms with E-state index in [0.717, 1.165) is 12.8 Å². The van der Waals surface area contributed by atoms with Crippen molar-refractivity contribution in [2.75, 3.05) is 11.9 Å². The van der Waals surface area contributed by atoms with Gasteiger partial charge in [0.2, 0.25) is 0 Å². The summed E-state index contributed by atoms with van der Waals surface area (Å²) in [6, 6.07) is 6.89. The molecule has 0 aromatic heterocycles. The van der Waals surface area contributed by atoms with E-state index >= 15 is 0 Å². The van der Waals surface area contributed by atoms with E-state index in [1.165, 1.54) is 0 Å². The second-order valence-electron chi connectivity index (χ2n) is 4.55. The third kappa shape index (κ3) is 3.64. The van der Waals surface area contributed by atoms with Crippen LogP contribution in [-0.4, -0.2) is 29.2 Å². The molecule has 1 saturated heterocycles. The number of hydrogen-bond acceptors (Lipinski definition) is 3. The third-order valence-corrected chi connectivity index (χ3v) is 3.44. The molecule has 5 heteroatoms. The van der Waals surface area contributed by atoms with Crippen LogP contribution in [0.3, 0.4) is 0 Å². The number of benzene rings is 1. The first-order chi connectivity index (χ1) is 9.08. The van der Waals surface area contributed by atoms with Crippen molar-refractivity contribution >= 4 is 33.3 Å². The lowest BCUT2D eigenvalue weighted by molar-refractivity contribution is -0.124. The molecule has 1 aliphatic rings. The van der Waals surface area contributed by atoms with E-state index in [0.29, 0.717) is 17.9 Å². The maximum absolute atomic E-state index is 11.8. The van der Waals surface area contributed by atoms with Gasteiger partial charge in [-0.1, -0.05) is 15.9 Å². The number of ether oxygens (including phenoxy) is 1. The van der Waals surface area contributed by atoms with Gasteiger partial charge >= 0.3 is 0 Å². The summed E-state index contributed by atoms with van der Waals surface area (Å²) in [5.41, 5.74) is 1.30. The molecule has 4 nitrogen and oxygen atoms in total. The number of Topliss-reactive ketones (excluding diaryl/α,β-unsaturated/α-hetero) is 1. The smallest absolute Gasteiger partial charge is 0.253 e. The van der Waals surface area contributed by atoms with Gasteiger partial charge in [0.05, 0.1) is 4.83 Å². The van der Waals surface area contributed by atoms with Crippen LogP contribution in [0.5, 0.6) is 0 Å². The van der Waals surface area contributed by atoms with Gasteiger partial charge in [0.25, 0.3) is 5.91 Å². The minimum absolute atomic E-state index is 0.0250. The summed E-state index contributed by atoms with van der Waals surface area (Å²) in [7, 11) is 0. The Morgan fingerprint density at radius 2 is 2.05 bits per heavy atom. The Balaban J connectivity index is 1.98. The molecule has 19 heavy (non-hydrogen) atoms. The van der Waals surface area contributed by atoms with Gasteiger partial charge in [-0.25, -0.2) is 0 Å². The second kappa shape index (κ2) is 6.30. The molecular formula is C14H16BrNO3. The molecule has 2 unspecified atom stereocenters. The highest BCUT2D eigenvalue weighted by Crippen LogP contribution is 2.17. The highest BCUT2D eigenvalue weighted by Gasteiger charge is 2.23. The molecule has 1 amide bonds. The van der Waals surface area contributed by atoms with E-state index in [9.17, 15) is 9.59 Å². The SMILES string of the molecule is CC(Br)C(=O)c1ccc(NC(=O)C2CCCO2)cc1. The average molecular weight is 326 g/mol. The zero-order chi connectivity index (χ0) is 13.8. The number of nitrogens with one attached hydrogen (secondary N) is 1. The summed E-state index contributed by atoms with van der Waals surface area (Å²) < 4.78 is 5.31. The first-order valence-electron chi connectivity index (χ1n) is 6.29. The van der Waals surface area contributed by atoms with Gasteiger partial charge in [0, 0.05) is 17.9 Å². The number of alkyl halides is 1. The Labute approximate surface area is 120 Å². The summed E-state index contributed by atoms with van der Waals surface area (Å²) in [6.07, 6.45) is 1.35. The molecule has 0 radical (unpaired) electrons. The molecule has 0 bridgehead atoms. The van der Waals surface area contributed by atoms with Gasteiger partial charge in [0.15, 0.2) is 5.78 Å². The number of anilines is 1. The van der Waals surface area contributed by atoms with E-state index in [2.05, 4.69) is 21.2 Å². The predicted molar refractivity (Wildman–Crippen MR) is 76.8 cm³/mol. The molecule has 1 N–H and O–H groups in total. The van der Waals surface area contributed by atoms with Gasteiger partial charge in [0.1, 0.15) is 6.10 Å². The Bertz CT molecular complexity index is 464. The molecule has 0 saturated carbocycles. The fourth-order valence-electron chi connectivity index (χ4n) is 1.95. The third-order valence-electron chi connectivity index (χ3n) is 3.02. The van der Waals surface area contributed by atoms with E-state index in [4.69, 9.17) is 4.74 Å². The highest BCUT2D eigenvalue weighted by molar-refractivity contribution is 9.10. The molecule has 2 atom stereocenters. The normalized spacial score (nSPS) is 20.0. The van der Waals surface area contributed by atoms with Crippen molar-refractivity contribution in [2.45, 2.75) is 30.7 Å². The van der Waals surface area contributed by atoms with E-state index in [-0.39, 0.29) is 22.6 Å². The van der Waals surface area contributed by atoms with Gasteiger partial charge in [-0.05, 0) is 44.0 Å². The summed E-state index contributed by atoms with van der Waals surface area (Å²) in [6.45, 7) is 2.43. The number of halogens is 1. The molecule has 1 aromatic carbocycles. The van der Waals surface area contributed by atoms with E-state index in [1.807, 2.05) is 0 Å². The Morgan fingerprint density at radius 3 is 2.58 bits per heavy atom. The number of rotatable bonds is 4. The number of carbonyl (C=O) groups excluding carboxylic acids is 2. The van der Waals surface area contributed by atoms with Crippen molar-refractivity contribution in [3.05, 3.63) is 29.8 Å². The molecular weight excluding hydrogens is 310 g/mol. The molecule has 1 fully saturated rings. The first-order valence-corrected chi connectivity index (χ1v) is 7.20. The lowest BCUT2D eigenvalue weighted by Crippen LogP contribution is -2.26. The largest absolute Gasteiger partial charge is 0.368 e. The maximum atomic E-state index is 11.8. The lowest BCUT2D eigenvalue weighted by Gasteiger charge is -2.11. The van der Waals surface area contributed by atoms with Gasteiger partial charge in [-0.2, -0.15) is 0 Å². The van der Waals surface area contributed by atoms with Crippen molar-refractivity contribution in [2.24, 2.45) is 0 Å². The van der Waals surface area contributed by atoms with Crippen LogP contribution in [0.2, 0.25) is 0 Å². The number of amides is 1. The molecule has 0 aliphatic carbocycles. The van der Waals surface area contributed by atoms with Crippen molar-refractivity contribution in [1.82, 2.24) is 0 Å². The summed E-state index contributed by atoms with van der Waals surface area (Å²) >= 11 is 3.24. The first kappa shape index (κ1) is 14.2. The van der Waals surface area contributed by atoms with Crippen LogP contribution >= 0.6 is 15.9 Å². The fourth-order valence-corrected chi connectivity index (χ4v) is 2.22. The monoisotopic (exact) mass is 325 g/mol. The minimum atomic E-state index is -0.344. The molecule has 102 valence electrons. The molecule has 2 rings (SSSR count). The van der Waals surface area contributed by atoms with Crippen molar-refractivity contribution in [1.29, 1.82) is 0 Å². The number of carbonyl (C=O) groups is 2. The predicted octanol–water partition coefficient (Wildman–Crippen LogP) is 2.77. The van der Waals surface area contributed by atoms with Crippen molar-refractivity contribution in [3.63, 3.8) is 0 Å². The van der Waals surface area contributed by atoms with E-state index < -0.39 is 0 Å². The van der Waals surface area contributed by atoms with Gasteiger partial charge < -0.3 is 10.1 Å². The molecule has 1 aliphatic heterocycles. The van der Waals surface area contributed by atoms with Crippen LogP contribution in [0.4, 0.5) is 5.69 Å². The molecule has 1 aromatic rings. The zero-order valence-corrected chi connectivity index (χ0v) is 12.3. The fraction of sp³-hybridized carbons (Fsp3) is 0.429. The van der Waals surface area contributed by atoms with Gasteiger partial charge in [-0.3, -0.25) is 9.59 Å².